The van der Waals surface area contributed by atoms with Crippen molar-refractivity contribution in [2.45, 2.75) is 19.3 Å². The fourth-order valence-corrected chi connectivity index (χ4v) is 6.99. The molecule has 0 amide bonds. The first-order valence-electron chi connectivity index (χ1n) is 15.2. The normalized spacial score (nSPS) is 10.6. The number of hydrogen-bond donors (Lipinski definition) is 3. The van der Waals surface area contributed by atoms with Crippen LogP contribution in [0.3, 0.4) is 0 Å². The number of halogens is 2. The highest BCUT2D eigenvalue weighted by Crippen LogP contribution is 2.34. The van der Waals surface area contributed by atoms with E-state index < -0.39 is 10.0 Å². The molecule has 0 spiro atoms. The largest absolute Gasteiger partial charge is 0.412 e. The lowest BCUT2D eigenvalue weighted by Gasteiger charge is -2.14. The molecule has 50 heavy (non-hydrogen) atoms. The van der Waals surface area contributed by atoms with Crippen LogP contribution in [-0.2, 0) is 10.0 Å². The van der Waals surface area contributed by atoms with Gasteiger partial charge < -0.3 is 27.1 Å². The number of fused-ring (bicyclic) bond motifs is 4. The molecule has 0 unspecified atom stereocenters. The lowest BCUT2D eigenvalue weighted by Crippen LogP contribution is -2.17. The molecule has 0 radical (unpaired) electrons. The number of sulfonamides is 1. The Bertz CT molecular complexity index is 2170. The zero-order chi connectivity index (χ0) is 30.6. The van der Waals surface area contributed by atoms with E-state index in [-0.39, 0.29) is 47.0 Å². The number of nitrogens with one attached hydrogen (secondary N) is 3. The van der Waals surface area contributed by atoms with Crippen LogP contribution in [0.15, 0.2) is 121 Å². The topological polar surface area (TPSA) is 191 Å². The number of para-hydroxylation sites is 4. The molecule has 2 heterocycles. The second-order valence-corrected chi connectivity index (χ2v) is 13.0. The third-order valence-electron chi connectivity index (χ3n) is 7.99. The standard InChI is InChI=1S/C37H33N5O2S.2ClH.3H2O/c43-45(44,25-11-1-10-24-38-36-28-12-2-6-16-32(28)40-33-17-7-3-13-29(33)36)42-27-22-20-26(21-23-27)39-37-30-14-4-8-18-34(30)41-35-19-9-5-15-31(35)37;;;;;/h2-9,12-23,42H,1,10-11,24-25H2,(H,38,40)(H,39,41);2*1H;3*1H2. The summed E-state index contributed by atoms with van der Waals surface area (Å²) in [5.74, 6) is 0.0725. The van der Waals surface area contributed by atoms with E-state index in [1.54, 1.807) is 12.1 Å². The summed E-state index contributed by atoms with van der Waals surface area (Å²) in [6.45, 7) is 0.752. The van der Waals surface area contributed by atoms with Crippen molar-refractivity contribution in [2.24, 2.45) is 0 Å². The van der Waals surface area contributed by atoms with Gasteiger partial charge in [-0.3, -0.25) is 4.72 Å². The molecule has 0 atom stereocenters. The molecule has 5 aromatic carbocycles. The molecule has 264 valence electrons. The number of unbranched alkanes of at least 4 members (excludes halogenated alkanes) is 2. The Balaban J connectivity index is 0.00000173. The summed E-state index contributed by atoms with van der Waals surface area (Å²) in [4.78, 5) is 9.57. The van der Waals surface area contributed by atoms with E-state index in [1.165, 1.54) is 0 Å². The van der Waals surface area contributed by atoms with Gasteiger partial charge in [-0.25, -0.2) is 18.4 Å². The lowest BCUT2D eigenvalue weighted by atomic mass is 10.1. The summed E-state index contributed by atoms with van der Waals surface area (Å²) >= 11 is 0. The van der Waals surface area contributed by atoms with Gasteiger partial charge in [0.1, 0.15) is 0 Å². The summed E-state index contributed by atoms with van der Waals surface area (Å²) < 4.78 is 28.5. The minimum absolute atomic E-state index is 0. The molecular weight excluding hydrogens is 697 g/mol. The van der Waals surface area contributed by atoms with Gasteiger partial charge in [-0.05, 0) is 61.4 Å². The zero-order valence-corrected chi connectivity index (χ0v) is 29.5. The van der Waals surface area contributed by atoms with E-state index >= 15 is 0 Å². The van der Waals surface area contributed by atoms with E-state index in [4.69, 9.17) is 9.97 Å². The summed E-state index contributed by atoms with van der Waals surface area (Å²) in [5.41, 5.74) is 7.21. The maximum Gasteiger partial charge on any atom is 0.232 e. The van der Waals surface area contributed by atoms with Gasteiger partial charge in [0.2, 0.25) is 10.0 Å². The first-order valence-corrected chi connectivity index (χ1v) is 16.9. The maximum atomic E-state index is 12.9. The minimum Gasteiger partial charge on any atom is -0.412 e. The molecule has 0 saturated heterocycles. The average molecular weight is 739 g/mol. The molecule has 13 heteroatoms. The molecule has 0 fully saturated rings. The quantitative estimate of drug-likeness (QED) is 0.0927. The predicted molar refractivity (Wildman–Crippen MR) is 213 cm³/mol. The van der Waals surface area contributed by atoms with Crippen LogP contribution < -0.4 is 15.4 Å². The molecule has 7 aromatic rings. The fourth-order valence-electron chi connectivity index (χ4n) is 5.81. The number of rotatable bonds is 11. The smallest absolute Gasteiger partial charge is 0.232 e. The highest BCUT2D eigenvalue weighted by Gasteiger charge is 2.13. The Morgan fingerprint density at radius 1 is 0.480 bits per heavy atom. The Morgan fingerprint density at radius 3 is 1.34 bits per heavy atom. The van der Waals surface area contributed by atoms with E-state index in [0.29, 0.717) is 12.1 Å². The summed E-state index contributed by atoms with van der Waals surface area (Å²) in [6.07, 6.45) is 2.24. The van der Waals surface area contributed by atoms with Crippen molar-refractivity contribution in [3.05, 3.63) is 121 Å². The molecule has 0 saturated carbocycles. The first kappa shape index (κ1) is 41.4. The Kier molecular flexibility index (Phi) is 15.2. The monoisotopic (exact) mass is 737 g/mol. The van der Waals surface area contributed by atoms with Crippen LogP contribution in [0.4, 0.5) is 22.7 Å². The van der Waals surface area contributed by atoms with Crippen LogP contribution in [0.25, 0.3) is 43.6 Å². The highest BCUT2D eigenvalue weighted by molar-refractivity contribution is 7.92. The molecule has 2 aromatic heterocycles. The number of aromatic nitrogens is 2. The average Bonchev–Trinajstić information content (AvgIpc) is 3.06. The highest BCUT2D eigenvalue weighted by atomic mass is 35.5. The number of nitrogens with zero attached hydrogens (tertiary/aromatic N) is 2. The number of pyridine rings is 2. The van der Waals surface area contributed by atoms with Gasteiger partial charge in [-0.15, -0.1) is 24.8 Å². The van der Waals surface area contributed by atoms with Crippen LogP contribution in [-0.4, -0.2) is 47.1 Å². The summed E-state index contributed by atoms with van der Waals surface area (Å²) in [6, 6.07) is 39.7. The fraction of sp³-hybridized carbons (Fsp3) is 0.135. The minimum atomic E-state index is -3.47. The van der Waals surface area contributed by atoms with Crippen LogP contribution in [0, 0.1) is 0 Å². The number of benzene rings is 5. The van der Waals surface area contributed by atoms with Gasteiger partial charge in [0.05, 0.1) is 39.2 Å². The number of hydrogen-bond acceptors (Lipinski definition) is 6. The van der Waals surface area contributed by atoms with Gasteiger partial charge in [0.25, 0.3) is 0 Å². The summed E-state index contributed by atoms with van der Waals surface area (Å²) in [5, 5.41) is 11.4. The van der Waals surface area contributed by atoms with Crippen LogP contribution in [0.2, 0.25) is 0 Å². The van der Waals surface area contributed by atoms with Crippen molar-refractivity contribution in [1.82, 2.24) is 9.97 Å². The molecule has 0 aliphatic heterocycles. The van der Waals surface area contributed by atoms with Crippen molar-refractivity contribution < 1.29 is 24.8 Å². The molecule has 10 nitrogen and oxygen atoms in total. The van der Waals surface area contributed by atoms with E-state index in [1.807, 2.05) is 84.9 Å². The Hall–Kier alpha value is -4.75. The molecule has 9 N–H and O–H groups in total. The van der Waals surface area contributed by atoms with Crippen molar-refractivity contribution in [1.29, 1.82) is 0 Å². The van der Waals surface area contributed by atoms with Crippen molar-refractivity contribution in [3.8, 4) is 0 Å². The Labute approximate surface area is 303 Å². The van der Waals surface area contributed by atoms with Crippen LogP contribution >= 0.6 is 24.8 Å². The SMILES string of the molecule is Cl.Cl.O.O.O.O=S(=O)(CCCCCNc1c2ccccc2nc2ccccc12)Nc1ccc(Nc2c3ccccc3nc3ccccc23)cc1. The molecular formula is C37H41Cl2N5O5S. The van der Waals surface area contributed by atoms with E-state index in [9.17, 15) is 8.42 Å². The second kappa shape index (κ2) is 18.3. The maximum absolute atomic E-state index is 12.9. The van der Waals surface area contributed by atoms with Crippen molar-refractivity contribution in [3.63, 3.8) is 0 Å². The van der Waals surface area contributed by atoms with Gasteiger partial charge in [0, 0.05) is 39.5 Å². The summed E-state index contributed by atoms with van der Waals surface area (Å²) in [7, 11) is -3.47. The second-order valence-electron chi connectivity index (χ2n) is 11.2. The van der Waals surface area contributed by atoms with Gasteiger partial charge in [-0.1, -0.05) is 79.2 Å². The molecule has 7 rings (SSSR count). The third-order valence-corrected chi connectivity index (χ3v) is 9.37. The van der Waals surface area contributed by atoms with Gasteiger partial charge >= 0.3 is 0 Å². The molecule has 0 bridgehead atoms. The first-order chi connectivity index (χ1) is 22.0. The zero-order valence-electron chi connectivity index (χ0n) is 27.0. The van der Waals surface area contributed by atoms with E-state index in [2.05, 4.69) is 39.6 Å². The van der Waals surface area contributed by atoms with Gasteiger partial charge in [-0.2, -0.15) is 0 Å². The number of anilines is 4. The Morgan fingerprint density at radius 2 is 0.880 bits per heavy atom. The van der Waals surface area contributed by atoms with Crippen molar-refractivity contribution in [2.75, 3.05) is 27.7 Å². The third kappa shape index (κ3) is 9.07. The van der Waals surface area contributed by atoms with Crippen molar-refractivity contribution >= 4 is 101 Å². The van der Waals surface area contributed by atoms with Crippen LogP contribution in [0.5, 0.6) is 0 Å². The molecule has 0 aliphatic rings. The lowest BCUT2D eigenvalue weighted by molar-refractivity contribution is 0.595. The van der Waals surface area contributed by atoms with Gasteiger partial charge in [0.15, 0.2) is 0 Å². The predicted octanol–water partition coefficient (Wildman–Crippen LogP) is 7.23. The van der Waals surface area contributed by atoms with Crippen LogP contribution in [0.1, 0.15) is 19.3 Å². The molecule has 0 aliphatic carbocycles. The van der Waals surface area contributed by atoms with E-state index in [0.717, 1.165) is 80.1 Å².